The van der Waals surface area contributed by atoms with Crippen LogP contribution in [0.4, 0.5) is 5.69 Å². The molecule has 0 saturated carbocycles. The Morgan fingerprint density at radius 3 is 2.62 bits per heavy atom. The molecule has 1 aromatic carbocycles. The Hall–Kier alpha value is -1.59. The lowest BCUT2D eigenvalue weighted by atomic mass is 10.1. The molecule has 0 aliphatic rings. The zero-order valence-electron chi connectivity index (χ0n) is 12.9. The molecule has 1 aromatic rings. The normalized spacial score (nSPS) is 12.0. The van der Waals surface area contributed by atoms with Gasteiger partial charge in [-0.15, -0.1) is 0 Å². The van der Waals surface area contributed by atoms with Crippen LogP contribution in [0.1, 0.15) is 36.5 Å². The van der Waals surface area contributed by atoms with Crippen molar-refractivity contribution >= 4 is 11.7 Å². The minimum absolute atomic E-state index is 0.219. The number of nitrogens with two attached hydrogens (primary N) is 1. The standard InChI is InChI=1S/C16H26N2O3/c1-3-11-21-16(19)13-6-8-14(9-7-13)18-15(12-20-2)5-4-10-17/h6-9,15,18H,3-5,10-12,17H2,1-2H3. The van der Waals surface area contributed by atoms with E-state index in [9.17, 15) is 4.79 Å². The van der Waals surface area contributed by atoms with Crippen molar-refractivity contribution in [2.75, 3.05) is 32.2 Å². The predicted molar refractivity (Wildman–Crippen MR) is 84.6 cm³/mol. The van der Waals surface area contributed by atoms with Gasteiger partial charge in [-0.3, -0.25) is 0 Å². The number of benzene rings is 1. The second kappa shape index (κ2) is 10.2. The van der Waals surface area contributed by atoms with Gasteiger partial charge >= 0.3 is 5.97 Å². The van der Waals surface area contributed by atoms with Crippen LogP contribution in [0.3, 0.4) is 0 Å². The second-order valence-corrected chi connectivity index (χ2v) is 4.94. The number of hydrogen-bond donors (Lipinski definition) is 2. The summed E-state index contributed by atoms with van der Waals surface area (Å²) < 4.78 is 10.3. The summed E-state index contributed by atoms with van der Waals surface area (Å²) in [5, 5.41) is 3.39. The SMILES string of the molecule is CCCOC(=O)c1ccc(NC(CCCN)COC)cc1. The van der Waals surface area contributed by atoms with Gasteiger partial charge in [0.05, 0.1) is 18.8 Å². The third-order valence-corrected chi connectivity index (χ3v) is 3.05. The van der Waals surface area contributed by atoms with Crippen molar-refractivity contribution in [1.29, 1.82) is 0 Å². The summed E-state index contributed by atoms with van der Waals surface area (Å²) in [6.45, 7) is 3.72. The molecule has 5 heteroatoms. The molecular weight excluding hydrogens is 268 g/mol. The molecule has 1 rings (SSSR count). The Balaban J connectivity index is 2.57. The van der Waals surface area contributed by atoms with E-state index in [0.29, 0.717) is 25.3 Å². The summed E-state index contributed by atoms with van der Waals surface area (Å²) in [6.07, 6.45) is 2.72. The van der Waals surface area contributed by atoms with Gasteiger partial charge in [-0.25, -0.2) is 4.79 Å². The van der Waals surface area contributed by atoms with E-state index in [4.69, 9.17) is 15.2 Å². The summed E-state index contributed by atoms with van der Waals surface area (Å²) >= 11 is 0. The molecule has 3 N–H and O–H groups in total. The van der Waals surface area contributed by atoms with E-state index in [1.807, 2.05) is 19.1 Å². The summed E-state index contributed by atoms with van der Waals surface area (Å²) in [4.78, 5) is 11.7. The molecule has 0 aromatic heterocycles. The topological polar surface area (TPSA) is 73.6 Å². The highest BCUT2D eigenvalue weighted by Gasteiger charge is 2.09. The maximum atomic E-state index is 11.7. The maximum Gasteiger partial charge on any atom is 0.338 e. The smallest absolute Gasteiger partial charge is 0.338 e. The fourth-order valence-electron chi connectivity index (χ4n) is 1.98. The number of hydrogen-bond acceptors (Lipinski definition) is 5. The van der Waals surface area contributed by atoms with Crippen LogP contribution in [-0.4, -0.2) is 38.9 Å². The largest absolute Gasteiger partial charge is 0.462 e. The zero-order chi connectivity index (χ0) is 15.5. The Kier molecular flexibility index (Phi) is 8.47. The first-order valence-corrected chi connectivity index (χ1v) is 7.44. The van der Waals surface area contributed by atoms with Crippen molar-refractivity contribution < 1.29 is 14.3 Å². The van der Waals surface area contributed by atoms with Gasteiger partial charge in [0.2, 0.25) is 0 Å². The Morgan fingerprint density at radius 1 is 1.33 bits per heavy atom. The molecule has 0 aliphatic carbocycles. The van der Waals surface area contributed by atoms with Crippen LogP contribution in [0.2, 0.25) is 0 Å². The van der Waals surface area contributed by atoms with E-state index < -0.39 is 0 Å². The number of rotatable bonds is 10. The van der Waals surface area contributed by atoms with Crippen LogP contribution in [0.15, 0.2) is 24.3 Å². The molecule has 5 nitrogen and oxygen atoms in total. The molecule has 0 saturated heterocycles. The van der Waals surface area contributed by atoms with Crippen LogP contribution in [0.25, 0.3) is 0 Å². The zero-order valence-corrected chi connectivity index (χ0v) is 12.9. The van der Waals surface area contributed by atoms with Crippen molar-refractivity contribution in [3.63, 3.8) is 0 Å². The van der Waals surface area contributed by atoms with E-state index in [1.165, 1.54) is 0 Å². The highest BCUT2D eigenvalue weighted by atomic mass is 16.5. The maximum absolute atomic E-state index is 11.7. The third kappa shape index (κ3) is 6.60. The monoisotopic (exact) mass is 294 g/mol. The lowest BCUT2D eigenvalue weighted by Crippen LogP contribution is -2.25. The van der Waals surface area contributed by atoms with Gasteiger partial charge in [0, 0.05) is 18.8 Å². The first-order chi connectivity index (χ1) is 10.2. The Bertz CT molecular complexity index is 406. The molecule has 0 spiro atoms. The fourth-order valence-corrected chi connectivity index (χ4v) is 1.98. The molecule has 0 radical (unpaired) electrons. The molecule has 0 aliphatic heterocycles. The van der Waals surface area contributed by atoms with Gasteiger partial charge in [0.1, 0.15) is 0 Å². The molecule has 118 valence electrons. The molecule has 21 heavy (non-hydrogen) atoms. The number of esters is 1. The van der Waals surface area contributed by atoms with Crippen LogP contribution in [0, 0.1) is 0 Å². The third-order valence-electron chi connectivity index (χ3n) is 3.05. The lowest BCUT2D eigenvalue weighted by molar-refractivity contribution is 0.0505. The van der Waals surface area contributed by atoms with Crippen molar-refractivity contribution in [1.82, 2.24) is 0 Å². The number of nitrogens with one attached hydrogen (secondary N) is 1. The molecule has 0 bridgehead atoms. The molecular formula is C16H26N2O3. The molecule has 0 heterocycles. The van der Waals surface area contributed by atoms with Gasteiger partial charge in [-0.1, -0.05) is 6.92 Å². The van der Waals surface area contributed by atoms with E-state index in [2.05, 4.69) is 5.32 Å². The molecule has 1 unspecified atom stereocenters. The minimum atomic E-state index is -0.278. The molecule has 1 atom stereocenters. The summed E-state index contributed by atoms with van der Waals surface area (Å²) in [7, 11) is 1.68. The minimum Gasteiger partial charge on any atom is -0.462 e. The lowest BCUT2D eigenvalue weighted by Gasteiger charge is -2.19. The van der Waals surface area contributed by atoms with Crippen LogP contribution in [0.5, 0.6) is 0 Å². The van der Waals surface area contributed by atoms with Crippen molar-refractivity contribution in [3.05, 3.63) is 29.8 Å². The van der Waals surface area contributed by atoms with Gasteiger partial charge in [0.15, 0.2) is 0 Å². The van der Waals surface area contributed by atoms with Crippen molar-refractivity contribution in [2.24, 2.45) is 5.73 Å². The summed E-state index contributed by atoms with van der Waals surface area (Å²) in [5.74, 6) is -0.278. The van der Waals surface area contributed by atoms with Gasteiger partial charge in [0.25, 0.3) is 0 Å². The summed E-state index contributed by atoms with van der Waals surface area (Å²) in [5.41, 5.74) is 7.07. The van der Waals surface area contributed by atoms with Gasteiger partial charge in [-0.2, -0.15) is 0 Å². The highest BCUT2D eigenvalue weighted by Crippen LogP contribution is 2.13. The quantitative estimate of drug-likeness (QED) is 0.648. The first kappa shape index (κ1) is 17.5. The highest BCUT2D eigenvalue weighted by molar-refractivity contribution is 5.89. The molecule has 0 amide bonds. The summed E-state index contributed by atoms with van der Waals surface area (Å²) in [6, 6.07) is 7.53. The number of anilines is 1. The van der Waals surface area contributed by atoms with Crippen molar-refractivity contribution in [3.8, 4) is 0 Å². The number of methoxy groups -OCH3 is 1. The fraction of sp³-hybridized carbons (Fsp3) is 0.562. The number of ether oxygens (including phenoxy) is 2. The number of carbonyl (C=O) groups excluding carboxylic acids is 1. The average Bonchev–Trinajstić information content (AvgIpc) is 2.51. The van der Waals surface area contributed by atoms with Crippen LogP contribution in [-0.2, 0) is 9.47 Å². The van der Waals surface area contributed by atoms with Gasteiger partial charge in [-0.05, 0) is 50.1 Å². The first-order valence-electron chi connectivity index (χ1n) is 7.44. The van der Waals surface area contributed by atoms with Gasteiger partial charge < -0.3 is 20.5 Å². The van der Waals surface area contributed by atoms with E-state index in [1.54, 1.807) is 19.2 Å². The van der Waals surface area contributed by atoms with E-state index in [0.717, 1.165) is 24.9 Å². The van der Waals surface area contributed by atoms with E-state index in [-0.39, 0.29) is 12.0 Å². The molecule has 0 fully saturated rings. The number of carbonyl (C=O) groups is 1. The van der Waals surface area contributed by atoms with Crippen LogP contribution < -0.4 is 11.1 Å². The average molecular weight is 294 g/mol. The van der Waals surface area contributed by atoms with Crippen LogP contribution >= 0.6 is 0 Å². The second-order valence-electron chi connectivity index (χ2n) is 4.94. The van der Waals surface area contributed by atoms with Crippen molar-refractivity contribution in [2.45, 2.75) is 32.2 Å². The Morgan fingerprint density at radius 2 is 2.05 bits per heavy atom. The predicted octanol–water partition coefficient (Wildman–Crippen LogP) is 2.42. The van der Waals surface area contributed by atoms with E-state index >= 15 is 0 Å². The Labute approximate surface area is 126 Å².